The van der Waals surface area contributed by atoms with Crippen molar-refractivity contribution in [3.63, 3.8) is 0 Å². The molecule has 0 radical (unpaired) electrons. The molecule has 4 aromatic rings. The molecule has 13 heteroatoms. The maximum absolute atomic E-state index is 13.8. The van der Waals surface area contributed by atoms with Gasteiger partial charge in [0.25, 0.3) is 11.8 Å². The Kier molecular flexibility index (Phi) is 5.63. The van der Waals surface area contributed by atoms with E-state index in [0.717, 1.165) is 30.5 Å². The lowest BCUT2D eigenvalue weighted by Gasteiger charge is -2.12. The van der Waals surface area contributed by atoms with E-state index in [2.05, 4.69) is 20.6 Å². The highest BCUT2D eigenvalue weighted by Crippen LogP contribution is 2.38. The van der Waals surface area contributed by atoms with E-state index < -0.39 is 35.1 Å². The summed E-state index contributed by atoms with van der Waals surface area (Å²) in [5.74, 6) is -0.869. The Morgan fingerprint density at radius 3 is 2.12 bits per heavy atom. The fourth-order valence-electron chi connectivity index (χ4n) is 3.08. The summed E-state index contributed by atoms with van der Waals surface area (Å²) in [7, 11) is 0. The third kappa shape index (κ3) is 4.63. The zero-order valence-corrected chi connectivity index (χ0v) is 17.1. The largest absolute Gasteiger partial charge is 0.434 e. The molecule has 1 N–H and O–H groups in total. The van der Waals surface area contributed by atoms with Crippen molar-refractivity contribution in [2.75, 3.05) is 5.32 Å². The molecule has 0 unspecified atom stereocenters. The third-order valence-electron chi connectivity index (χ3n) is 4.64. The van der Waals surface area contributed by atoms with E-state index in [4.69, 9.17) is 4.52 Å². The van der Waals surface area contributed by atoms with Gasteiger partial charge in [0.05, 0.1) is 23.0 Å². The first-order chi connectivity index (χ1) is 15.9. The van der Waals surface area contributed by atoms with Crippen molar-refractivity contribution in [3.05, 3.63) is 77.4 Å². The molecule has 0 saturated heterocycles. The first kappa shape index (κ1) is 23.0. The lowest BCUT2D eigenvalue weighted by molar-refractivity contribution is -0.142. The zero-order valence-electron chi connectivity index (χ0n) is 17.1. The molecule has 2 aromatic heterocycles. The molecule has 7 nitrogen and oxygen atoms in total. The number of alkyl halides is 6. The van der Waals surface area contributed by atoms with E-state index in [0.29, 0.717) is 4.68 Å². The summed E-state index contributed by atoms with van der Waals surface area (Å²) in [6.07, 6.45) is -8.38. The number of hydrogen-bond donors (Lipinski definition) is 1. The maximum Gasteiger partial charge on any atom is 0.434 e. The van der Waals surface area contributed by atoms with Crippen LogP contribution in [0, 0.1) is 6.92 Å². The second-order valence-corrected chi connectivity index (χ2v) is 7.04. The van der Waals surface area contributed by atoms with Crippen LogP contribution in [0.1, 0.15) is 27.4 Å². The van der Waals surface area contributed by atoms with Gasteiger partial charge in [-0.05, 0) is 55.5 Å². The average molecular weight is 481 g/mol. The molecule has 4 rings (SSSR count). The number of carbonyl (C=O) groups is 1. The van der Waals surface area contributed by atoms with Crippen molar-refractivity contribution in [1.29, 1.82) is 0 Å². The molecule has 0 saturated carbocycles. The summed E-state index contributed by atoms with van der Waals surface area (Å²) < 4.78 is 84.8. The molecule has 2 heterocycles. The quantitative estimate of drug-likeness (QED) is 0.388. The number of benzene rings is 2. The van der Waals surface area contributed by atoms with Gasteiger partial charge >= 0.3 is 12.4 Å². The summed E-state index contributed by atoms with van der Waals surface area (Å²) in [4.78, 5) is 16.1. The minimum Gasteiger partial charge on any atom is -0.334 e. The van der Waals surface area contributed by atoms with Gasteiger partial charge in [0.2, 0.25) is 0 Å². The minimum absolute atomic E-state index is 0.0250. The van der Waals surface area contributed by atoms with Crippen LogP contribution >= 0.6 is 0 Å². The minimum atomic E-state index is -4.80. The third-order valence-corrected chi connectivity index (χ3v) is 4.64. The van der Waals surface area contributed by atoms with Crippen LogP contribution in [-0.2, 0) is 12.4 Å². The predicted octanol–water partition coefficient (Wildman–Crippen LogP) is 5.52. The molecule has 2 aromatic carbocycles. The van der Waals surface area contributed by atoms with E-state index in [9.17, 15) is 31.1 Å². The fourth-order valence-corrected chi connectivity index (χ4v) is 3.08. The molecule has 0 bridgehead atoms. The molecule has 34 heavy (non-hydrogen) atoms. The van der Waals surface area contributed by atoms with Gasteiger partial charge in [0.1, 0.15) is 0 Å². The number of nitrogens with one attached hydrogen (secondary N) is 1. The van der Waals surface area contributed by atoms with Gasteiger partial charge in [0, 0.05) is 11.3 Å². The number of rotatable bonds is 4. The van der Waals surface area contributed by atoms with Crippen molar-refractivity contribution in [2.45, 2.75) is 19.3 Å². The van der Waals surface area contributed by atoms with Crippen molar-refractivity contribution >= 4 is 11.6 Å². The first-order valence-corrected chi connectivity index (χ1v) is 9.48. The molecule has 0 atom stereocenters. The van der Waals surface area contributed by atoms with Crippen LogP contribution in [-0.4, -0.2) is 25.8 Å². The number of nitrogens with zero attached hydrogens (tertiary/aromatic N) is 4. The van der Waals surface area contributed by atoms with Crippen LogP contribution in [0.2, 0.25) is 0 Å². The van der Waals surface area contributed by atoms with Crippen molar-refractivity contribution in [1.82, 2.24) is 19.9 Å². The zero-order chi connectivity index (χ0) is 24.7. The standard InChI is InChI=1S/C21H13F6N5O2/c1-11-29-19(34-31-11)16-10-28-32(17(16)21(25,26)27)15-8-6-14(7-9-15)30-18(33)12-2-4-13(5-3-12)20(22,23)24/h2-10H,1H3,(H,30,33). The highest BCUT2D eigenvalue weighted by molar-refractivity contribution is 6.04. The Morgan fingerprint density at radius 2 is 1.59 bits per heavy atom. The highest BCUT2D eigenvalue weighted by atomic mass is 19.4. The molecular formula is C21H13F6N5O2. The van der Waals surface area contributed by atoms with E-state index >= 15 is 0 Å². The summed E-state index contributed by atoms with van der Waals surface area (Å²) in [6, 6.07) is 8.82. The molecule has 0 aliphatic rings. The predicted molar refractivity (Wildman–Crippen MR) is 106 cm³/mol. The Morgan fingerprint density at radius 1 is 0.941 bits per heavy atom. The summed E-state index contributed by atoms with van der Waals surface area (Å²) in [6.45, 7) is 1.46. The Hall–Kier alpha value is -4.16. The number of anilines is 1. The average Bonchev–Trinajstić information content (AvgIpc) is 3.40. The van der Waals surface area contributed by atoms with Gasteiger partial charge in [-0.15, -0.1) is 0 Å². The molecule has 1 amide bonds. The van der Waals surface area contributed by atoms with Crippen molar-refractivity contribution in [2.24, 2.45) is 0 Å². The monoisotopic (exact) mass is 481 g/mol. The van der Waals surface area contributed by atoms with E-state index in [1.807, 2.05) is 0 Å². The summed E-state index contributed by atoms with van der Waals surface area (Å²) >= 11 is 0. The summed E-state index contributed by atoms with van der Waals surface area (Å²) in [5, 5.41) is 9.76. The highest BCUT2D eigenvalue weighted by Gasteiger charge is 2.40. The van der Waals surface area contributed by atoms with Gasteiger partial charge in [-0.2, -0.15) is 36.4 Å². The van der Waals surface area contributed by atoms with Crippen LogP contribution in [0.25, 0.3) is 17.1 Å². The molecule has 0 spiro atoms. The summed E-state index contributed by atoms with van der Waals surface area (Å²) in [5.41, 5.74) is -2.21. The first-order valence-electron chi connectivity index (χ1n) is 9.48. The van der Waals surface area contributed by atoms with Gasteiger partial charge in [-0.25, -0.2) is 4.68 Å². The molecule has 176 valence electrons. The topological polar surface area (TPSA) is 85.8 Å². The van der Waals surface area contributed by atoms with Gasteiger partial charge in [-0.1, -0.05) is 5.16 Å². The van der Waals surface area contributed by atoms with E-state index in [1.165, 1.54) is 31.2 Å². The molecular weight excluding hydrogens is 468 g/mol. The second kappa shape index (κ2) is 8.32. The maximum atomic E-state index is 13.8. The Balaban J connectivity index is 1.57. The van der Waals surface area contributed by atoms with Gasteiger partial charge in [0.15, 0.2) is 11.5 Å². The van der Waals surface area contributed by atoms with E-state index in [1.54, 1.807) is 0 Å². The number of carbonyl (C=O) groups excluding carboxylic acids is 1. The Labute approximate surface area is 187 Å². The molecule has 0 aliphatic heterocycles. The van der Waals surface area contributed by atoms with Crippen LogP contribution < -0.4 is 5.32 Å². The number of hydrogen-bond acceptors (Lipinski definition) is 5. The van der Waals surface area contributed by atoms with Crippen molar-refractivity contribution in [3.8, 4) is 17.1 Å². The van der Waals surface area contributed by atoms with Crippen molar-refractivity contribution < 1.29 is 35.7 Å². The van der Waals surface area contributed by atoms with Gasteiger partial charge in [-0.3, -0.25) is 4.79 Å². The van der Waals surface area contributed by atoms with Crippen LogP contribution in [0.15, 0.2) is 59.3 Å². The fraction of sp³-hybridized carbons (Fsp3) is 0.143. The smallest absolute Gasteiger partial charge is 0.334 e. The lowest BCUT2D eigenvalue weighted by Crippen LogP contribution is -2.15. The normalized spacial score (nSPS) is 12.1. The number of aromatic nitrogens is 4. The van der Waals surface area contributed by atoms with Gasteiger partial charge < -0.3 is 9.84 Å². The number of amides is 1. The Bertz CT molecular complexity index is 1320. The van der Waals surface area contributed by atoms with Crippen LogP contribution in [0.3, 0.4) is 0 Å². The lowest BCUT2D eigenvalue weighted by atomic mass is 10.1. The number of aryl methyl sites for hydroxylation is 1. The molecule has 0 aliphatic carbocycles. The van der Waals surface area contributed by atoms with Crippen LogP contribution in [0.4, 0.5) is 32.0 Å². The SMILES string of the molecule is Cc1noc(-c2cnn(-c3ccc(NC(=O)c4ccc(C(F)(F)F)cc4)cc3)c2C(F)(F)F)n1. The van der Waals surface area contributed by atoms with E-state index in [-0.39, 0.29) is 28.7 Å². The number of halogens is 6. The van der Waals surface area contributed by atoms with Crippen LogP contribution in [0.5, 0.6) is 0 Å². The molecule has 0 fully saturated rings. The second-order valence-electron chi connectivity index (χ2n) is 7.04.